The third kappa shape index (κ3) is 2.32. The van der Waals surface area contributed by atoms with Crippen LogP contribution in [0, 0.1) is 0 Å². The third-order valence-corrected chi connectivity index (χ3v) is 3.60. The van der Waals surface area contributed by atoms with Crippen LogP contribution >= 0.6 is 0 Å². The molecule has 2 saturated heterocycles. The van der Waals surface area contributed by atoms with Crippen molar-refractivity contribution >= 4 is 5.97 Å². The van der Waals surface area contributed by atoms with Crippen LogP contribution in [-0.2, 0) is 4.79 Å². The molecule has 0 aromatic heterocycles. The van der Waals surface area contributed by atoms with Gasteiger partial charge in [-0.3, -0.25) is 4.79 Å². The maximum Gasteiger partial charge on any atom is 0.325 e. The van der Waals surface area contributed by atoms with Gasteiger partial charge in [-0.15, -0.1) is 0 Å². The Labute approximate surface area is 90.6 Å². The molecule has 1 atom stereocenters. The van der Waals surface area contributed by atoms with E-state index in [0.717, 1.165) is 38.9 Å². The molecule has 86 valence electrons. The molecule has 0 aromatic rings. The Morgan fingerprint density at radius 3 is 2.53 bits per heavy atom. The Morgan fingerprint density at radius 1 is 1.27 bits per heavy atom. The maximum atomic E-state index is 11.4. The number of aliphatic carboxylic acids is 1. The van der Waals surface area contributed by atoms with Crippen LogP contribution in [0.2, 0.25) is 0 Å². The van der Waals surface area contributed by atoms with Crippen molar-refractivity contribution in [2.24, 2.45) is 0 Å². The van der Waals surface area contributed by atoms with Crippen molar-refractivity contribution in [1.29, 1.82) is 0 Å². The fourth-order valence-corrected chi connectivity index (χ4v) is 2.68. The molecule has 0 aromatic carbocycles. The van der Waals surface area contributed by atoms with Gasteiger partial charge in [0.2, 0.25) is 0 Å². The zero-order valence-electron chi connectivity index (χ0n) is 9.17. The monoisotopic (exact) mass is 212 g/mol. The first-order chi connectivity index (χ1) is 7.23. The van der Waals surface area contributed by atoms with E-state index in [1.54, 1.807) is 0 Å². The Hall–Kier alpha value is -0.610. The summed E-state index contributed by atoms with van der Waals surface area (Å²) in [6.45, 7) is 3.66. The van der Waals surface area contributed by atoms with Crippen LogP contribution in [0.4, 0.5) is 0 Å². The number of carboxylic acid groups (broad SMARTS) is 1. The predicted molar refractivity (Wildman–Crippen MR) is 57.9 cm³/mol. The van der Waals surface area contributed by atoms with E-state index in [-0.39, 0.29) is 0 Å². The van der Waals surface area contributed by atoms with E-state index in [4.69, 9.17) is 0 Å². The maximum absolute atomic E-state index is 11.4. The van der Waals surface area contributed by atoms with Crippen molar-refractivity contribution in [2.75, 3.05) is 26.2 Å². The van der Waals surface area contributed by atoms with Gasteiger partial charge in [-0.25, -0.2) is 0 Å². The quantitative estimate of drug-likeness (QED) is 0.722. The van der Waals surface area contributed by atoms with E-state index in [2.05, 4.69) is 10.2 Å². The van der Waals surface area contributed by atoms with Crippen LogP contribution in [0.5, 0.6) is 0 Å². The van der Waals surface area contributed by atoms with E-state index in [1.807, 2.05) is 0 Å². The first kappa shape index (κ1) is 10.9. The highest BCUT2D eigenvalue weighted by Crippen LogP contribution is 2.22. The Bertz CT molecular complexity index is 231. The molecule has 0 aliphatic carbocycles. The normalized spacial score (nSPS) is 33.1. The summed E-state index contributed by atoms with van der Waals surface area (Å²) in [4.78, 5) is 13.7. The van der Waals surface area contributed by atoms with Gasteiger partial charge in [-0.05, 0) is 51.7 Å². The summed E-state index contributed by atoms with van der Waals surface area (Å²) in [5.74, 6) is -0.672. The average molecular weight is 212 g/mol. The number of rotatable bonds is 3. The number of carbonyl (C=O) groups is 1. The highest BCUT2D eigenvalue weighted by molar-refractivity contribution is 5.79. The Kier molecular flexibility index (Phi) is 3.26. The molecular weight excluding hydrogens is 192 g/mol. The SMILES string of the molecule is O=C(O)C1(CN2CCCC2)CCCCN1. The van der Waals surface area contributed by atoms with Crippen molar-refractivity contribution in [2.45, 2.75) is 37.6 Å². The molecule has 0 spiro atoms. The molecule has 2 rings (SSSR count). The summed E-state index contributed by atoms with van der Waals surface area (Å²) >= 11 is 0. The summed E-state index contributed by atoms with van der Waals surface area (Å²) in [5, 5.41) is 12.6. The molecule has 0 bridgehead atoms. The summed E-state index contributed by atoms with van der Waals surface area (Å²) in [6, 6.07) is 0. The lowest BCUT2D eigenvalue weighted by Crippen LogP contribution is -2.60. The van der Waals surface area contributed by atoms with E-state index in [0.29, 0.717) is 6.54 Å². The summed E-state index contributed by atoms with van der Waals surface area (Å²) in [5.41, 5.74) is -0.664. The first-order valence-electron chi connectivity index (χ1n) is 5.94. The predicted octanol–water partition coefficient (Wildman–Crippen LogP) is 0.679. The number of hydrogen-bond acceptors (Lipinski definition) is 3. The number of carboxylic acids is 1. The number of nitrogens with zero attached hydrogens (tertiary/aromatic N) is 1. The lowest BCUT2D eigenvalue weighted by atomic mass is 9.88. The van der Waals surface area contributed by atoms with E-state index in [1.165, 1.54) is 12.8 Å². The van der Waals surface area contributed by atoms with E-state index in [9.17, 15) is 9.90 Å². The van der Waals surface area contributed by atoms with Crippen LogP contribution < -0.4 is 5.32 Å². The van der Waals surface area contributed by atoms with Crippen molar-refractivity contribution in [3.63, 3.8) is 0 Å². The highest BCUT2D eigenvalue weighted by atomic mass is 16.4. The summed E-state index contributed by atoms with van der Waals surface area (Å²) < 4.78 is 0. The molecule has 2 aliphatic rings. The van der Waals surface area contributed by atoms with Gasteiger partial charge in [0.25, 0.3) is 0 Å². The van der Waals surface area contributed by atoms with Crippen LogP contribution in [0.1, 0.15) is 32.1 Å². The molecule has 2 aliphatic heterocycles. The van der Waals surface area contributed by atoms with Crippen molar-refractivity contribution in [3.8, 4) is 0 Å². The number of likely N-dealkylation sites (tertiary alicyclic amines) is 1. The molecule has 2 N–H and O–H groups in total. The van der Waals surface area contributed by atoms with Gasteiger partial charge in [-0.1, -0.05) is 0 Å². The van der Waals surface area contributed by atoms with Crippen LogP contribution in [0.3, 0.4) is 0 Å². The summed E-state index contributed by atoms with van der Waals surface area (Å²) in [6.07, 6.45) is 5.35. The standard InChI is InChI=1S/C11H20N2O2/c14-10(15)11(5-1-2-6-12-11)9-13-7-3-4-8-13/h12H,1-9H2,(H,14,15). The van der Waals surface area contributed by atoms with Gasteiger partial charge in [0.05, 0.1) is 0 Å². The smallest absolute Gasteiger partial charge is 0.325 e. The Morgan fingerprint density at radius 2 is 2.00 bits per heavy atom. The molecule has 0 saturated carbocycles. The zero-order chi connectivity index (χ0) is 10.7. The summed E-state index contributed by atoms with van der Waals surface area (Å²) in [7, 11) is 0. The van der Waals surface area contributed by atoms with Crippen LogP contribution in [-0.4, -0.2) is 47.7 Å². The van der Waals surface area contributed by atoms with Gasteiger partial charge < -0.3 is 15.3 Å². The topological polar surface area (TPSA) is 52.6 Å². The first-order valence-corrected chi connectivity index (χ1v) is 5.94. The minimum absolute atomic E-state index is 0.664. The number of hydrogen-bond donors (Lipinski definition) is 2. The van der Waals surface area contributed by atoms with E-state index >= 15 is 0 Å². The molecule has 0 amide bonds. The minimum atomic E-state index is -0.672. The highest BCUT2D eigenvalue weighted by Gasteiger charge is 2.41. The van der Waals surface area contributed by atoms with E-state index < -0.39 is 11.5 Å². The third-order valence-electron chi connectivity index (χ3n) is 3.60. The van der Waals surface area contributed by atoms with Gasteiger partial charge in [-0.2, -0.15) is 0 Å². The molecular formula is C11H20N2O2. The van der Waals surface area contributed by atoms with Crippen molar-refractivity contribution in [3.05, 3.63) is 0 Å². The van der Waals surface area contributed by atoms with Gasteiger partial charge in [0.15, 0.2) is 0 Å². The second kappa shape index (κ2) is 4.49. The lowest BCUT2D eigenvalue weighted by molar-refractivity contribution is -0.146. The molecule has 2 fully saturated rings. The number of piperidine rings is 1. The second-order valence-corrected chi connectivity index (χ2v) is 4.75. The van der Waals surface area contributed by atoms with Gasteiger partial charge in [0, 0.05) is 6.54 Å². The molecule has 2 heterocycles. The second-order valence-electron chi connectivity index (χ2n) is 4.75. The van der Waals surface area contributed by atoms with Gasteiger partial charge >= 0.3 is 5.97 Å². The van der Waals surface area contributed by atoms with Crippen molar-refractivity contribution in [1.82, 2.24) is 10.2 Å². The zero-order valence-corrected chi connectivity index (χ0v) is 9.17. The number of nitrogens with one attached hydrogen (secondary N) is 1. The Balaban J connectivity index is 2.00. The van der Waals surface area contributed by atoms with Crippen molar-refractivity contribution < 1.29 is 9.90 Å². The fraction of sp³-hybridized carbons (Fsp3) is 0.909. The van der Waals surface area contributed by atoms with Gasteiger partial charge in [0.1, 0.15) is 5.54 Å². The average Bonchev–Trinajstić information content (AvgIpc) is 2.71. The molecule has 4 nitrogen and oxygen atoms in total. The molecule has 1 unspecified atom stereocenters. The van der Waals surface area contributed by atoms with Crippen LogP contribution in [0.15, 0.2) is 0 Å². The fourth-order valence-electron chi connectivity index (χ4n) is 2.68. The lowest BCUT2D eigenvalue weighted by Gasteiger charge is -2.37. The van der Waals surface area contributed by atoms with Crippen LogP contribution in [0.25, 0.3) is 0 Å². The molecule has 0 radical (unpaired) electrons. The molecule has 15 heavy (non-hydrogen) atoms. The largest absolute Gasteiger partial charge is 0.480 e. The minimum Gasteiger partial charge on any atom is -0.480 e. The molecule has 4 heteroatoms.